The molecule has 2 aliphatic rings. The Labute approximate surface area is 200 Å². The molecule has 0 bridgehead atoms. The van der Waals surface area contributed by atoms with Crippen LogP contribution in [-0.2, 0) is 27.2 Å². The molecule has 1 fully saturated rings. The number of halogens is 3. The monoisotopic (exact) mass is 487 g/mol. The van der Waals surface area contributed by atoms with E-state index >= 15 is 0 Å². The molecule has 0 saturated carbocycles. The Morgan fingerprint density at radius 3 is 2.11 bits per heavy atom. The minimum absolute atomic E-state index is 0.00588. The van der Waals surface area contributed by atoms with Gasteiger partial charge in [0.05, 0.1) is 7.11 Å². The van der Waals surface area contributed by atoms with Crippen LogP contribution in [0.25, 0.3) is 6.08 Å². The number of fused-ring (bicyclic) bond motifs is 1. The number of urea groups is 1. The smallest absolute Gasteiger partial charge is 0.466 e. The van der Waals surface area contributed by atoms with E-state index in [1.165, 1.54) is 13.2 Å². The summed E-state index contributed by atoms with van der Waals surface area (Å²) in [5.41, 5.74) is 3.89. The maximum Gasteiger partial charge on any atom is 0.471 e. The first-order valence-electron chi connectivity index (χ1n) is 11.1. The second-order valence-electron chi connectivity index (χ2n) is 8.28. The van der Waals surface area contributed by atoms with Gasteiger partial charge in [0.15, 0.2) is 0 Å². The molecule has 1 saturated heterocycles. The maximum atomic E-state index is 13.1. The molecule has 0 N–H and O–H groups in total. The first-order valence-corrected chi connectivity index (χ1v) is 11.1. The molecule has 3 amide bonds. The van der Waals surface area contributed by atoms with Gasteiger partial charge in [-0.15, -0.1) is 0 Å². The number of hydrogen-bond acceptors (Lipinski definition) is 4. The summed E-state index contributed by atoms with van der Waals surface area (Å²) in [6.07, 6.45) is -1.34. The van der Waals surface area contributed by atoms with Crippen molar-refractivity contribution in [3.63, 3.8) is 0 Å². The molecule has 4 rings (SSSR count). The Morgan fingerprint density at radius 2 is 1.49 bits per heavy atom. The Kier molecular flexibility index (Phi) is 6.81. The normalized spacial score (nSPS) is 16.5. The highest BCUT2D eigenvalue weighted by atomic mass is 19.4. The molecule has 0 spiro atoms. The van der Waals surface area contributed by atoms with Crippen LogP contribution in [0.4, 0.5) is 29.3 Å². The summed E-state index contributed by atoms with van der Waals surface area (Å²) in [5.74, 6) is -2.28. The summed E-state index contributed by atoms with van der Waals surface area (Å²) < 4.78 is 43.1. The number of esters is 1. The van der Waals surface area contributed by atoms with Crippen LogP contribution < -0.4 is 9.80 Å². The van der Waals surface area contributed by atoms with Gasteiger partial charge >= 0.3 is 24.1 Å². The SMILES string of the molecule is COC(=O)/C=C/c1ccc(N2CCN(c3ccc4c(c3)CCN(C(=O)C(F)(F)F)CC4)C2=O)cc1. The van der Waals surface area contributed by atoms with Crippen molar-refractivity contribution in [2.24, 2.45) is 0 Å². The van der Waals surface area contributed by atoms with Crippen LogP contribution in [0.15, 0.2) is 48.5 Å². The second-order valence-corrected chi connectivity index (χ2v) is 8.28. The standard InChI is InChI=1S/C25H24F3N3O4/c1-35-22(32)9-4-17-2-6-20(7-3-17)30-14-15-31(24(30)34)21-8-5-18-10-12-29(13-11-19(18)16-21)23(33)25(26,27)28/h2-9,16H,10-15H2,1H3/b9-4+. The zero-order valence-electron chi connectivity index (χ0n) is 19.0. The fraction of sp³-hybridized carbons (Fsp3) is 0.320. The van der Waals surface area contributed by atoms with Gasteiger partial charge in [0.1, 0.15) is 0 Å². The Morgan fingerprint density at radius 1 is 0.886 bits per heavy atom. The van der Waals surface area contributed by atoms with Gasteiger partial charge in [0.2, 0.25) is 0 Å². The molecule has 0 unspecified atom stereocenters. The van der Waals surface area contributed by atoms with Crippen molar-refractivity contribution in [2.75, 3.05) is 43.1 Å². The number of nitrogens with zero attached hydrogens (tertiary/aromatic N) is 3. The van der Waals surface area contributed by atoms with Gasteiger partial charge in [-0.05, 0) is 59.9 Å². The average molecular weight is 487 g/mol. The summed E-state index contributed by atoms with van der Waals surface area (Å²) >= 11 is 0. The lowest BCUT2D eigenvalue weighted by molar-refractivity contribution is -0.185. The van der Waals surface area contributed by atoms with Crippen molar-refractivity contribution >= 4 is 35.4 Å². The molecular formula is C25H24F3N3O4. The highest BCUT2D eigenvalue weighted by molar-refractivity contribution is 6.06. The largest absolute Gasteiger partial charge is 0.471 e. The van der Waals surface area contributed by atoms with E-state index in [2.05, 4.69) is 4.74 Å². The van der Waals surface area contributed by atoms with Crippen LogP contribution in [0.3, 0.4) is 0 Å². The third-order valence-electron chi connectivity index (χ3n) is 6.16. The highest BCUT2D eigenvalue weighted by Crippen LogP contribution is 2.29. The second kappa shape index (κ2) is 9.81. The molecule has 2 aromatic carbocycles. The van der Waals surface area contributed by atoms with Crippen LogP contribution in [0.1, 0.15) is 16.7 Å². The lowest BCUT2D eigenvalue weighted by Crippen LogP contribution is -2.42. The van der Waals surface area contributed by atoms with Crippen molar-refractivity contribution in [1.82, 2.24) is 4.90 Å². The minimum Gasteiger partial charge on any atom is -0.466 e. The minimum atomic E-state index is -4.89. The molecular weight excluding hydrogens is 463 g/mol. The van der Waals surface area contributed by atoms with Gasteiger partial charge in [-0.1, -0.05) is 18.2 Å². The van der Waals surface area contributed by atoms with Crippen LogP contribution in [0, 0.1) is 0 Å². The number of benzene rings is 2. The Balaban J connectivity index is 1.45. The average Bonchev–Trinajstić information content (AvgIpc) is 3.10. The van der Waals surface area contributed by atoms with Crippen LogP contribution in [0.2, 0.25) is 0 Å². The summed E-state index contributed by atoms with van der Waals surface area (Å²) in [7, 11) is 1.30. The van der Waals surface area contributed by atoms with Gasteiger partial charge < -0.3 is 9.64 Å². The molecule has 184 valence electrons. The van der Waals surface area contributed by atoms with Gasteiger partial charge in [0, 0.05) is 43.6 Å². The first kappa shape index (κ1) is 24.3. The number of carbonyl (C=O) groups excluding carboxylic acids is 3. The molecule has 0 aromatic heterocycles. The zero-order chi connectivity index (χ0) is 25.2. The molecule has 0 aliphatic carbocycles. The van der Waals surface area contributed by atoms with Crippen molar-refractivity contribution in [3.8, 4) is 0 Å². The molecule has 7 nitrogen and oxygen atoms in total. The van der Waals surface area contributed by atoms with Crippen LogP contribution in [0.5, 0.6) is 0 Å². The van der Waals surface area contributed by atoms with E-state index in [1.807, 2.05) is 12.1 Å². The van der Waals surface area contributed by atoms with E-state index in [0.717, 1.165) is 21.6 Å². The fourth-order valence-corrected chi connectivity index (χ4v) is 4.28. The molecule has 2 aliphatic heterocycles. The third-order valence-corrected chi connectivity index (χ3v) is 6.16. The molecule has 10 heteroatoms. The number of amides is 3. The molecule has 2 heterocycles. The fourth-order valence-electron chi connectivity index (χ4n) is 4.28. The van der Waals surface area contributed by atoms with E-state index in [9.17, 15) is 27.6 Å². The van der Waals surface area contributed by atoms with Crippen molar-refractivity contribution < 1.29 is 32.3 Å². The van der Waals surface area contributed by atoms with Gasteiger partial charge in [-0.25, -0.2) is 9.59 Å². The lowest BCUT2D eigenvalue weighted by Gasteiger charge is -2.21. The van der Waals surface area contributed by atoms with Gasteiger partial charge in [0.25, 0.3) is 0 Å². The predicted molar refractivity (Wildman–Crippen MR) is 124 cm³/mol. The van der Waals surface area contributed by atoms with Crippen LogP contribution >= 0.6 is 0 Å². The van der Waals surface area contributed by atoms with E-state index in [4.69, 9.17) is 0 Å². The summed E-state index contributed by atoms with van der Waals surface area (Å²) in [5, 5.41) is 0. The van der Waals surface area contributed by atoms with E-state index < -0.39 is 18.1 Å². The maximum absolute atomic E-state index is 13.1. The molecule has 2 aromatic rings. The van der Waals surface area contributed by atoms with Gasteiger partial charge in [-0.2, -0.15) is 13.2 Å². The first-order chi connectivity index (χ1) is 16.7. The quantitative estimate of drug-likeness (QED) is 0.486. The number of rotatable bonds is 4. The third kappa shape index (κ3) is 5.31. The summed E-state index contributed by atoms with van der Waals surface area (Å²) in [6.45, 7) is 0.916. The number of ether oxygens (including phenoxy) is 1. The molecule has 0 atom stereocenters. The van der Waals surface area contributed by atoms with E-state index in [-0.39, 0.29) is 25.5 Å². The number of carbonyl (C=O) groups is 3. The Bertz CT molecular complexity index is 1160. The summed E-state index contributed by atoms with van der Waals surface area (Å²) in [6, 6.07) is 12.4. The number of anilines is 2. The van der Waals surface area contributed by atoms with Crippen molar-refractivity contribution in [3.05, 3.63) is 65.2 Å². The molecule has 35 heavy (non-hydrogen) atoms. The van der Waals surface area contributed by atoms with Gasteiger partial charge in [-0.3, -0.25) is 14.6 Å². The van der Waals surface area contributed by atoms with Crippen molar-refractivity contribution in [1.29, 1.82) is 0 Å². The van der Waals surface area contributed by atoms with E-state index in [0.29, 0.717) is 30.9 Å². The van der Waals surface area contributed by atoms with E-state index in [1.54, 1.807) is 46.2 Å². The number of methoxy groups -OCH3 is 1. The highest BCUT2D eigenvalue weighted by Gasteiger charge is 2.42. The van der Waals surface area contributed by atoms with Crippen LogP contribution in [-0.4, -0.2) is 62.3 Å². The topological polar surface area (TPSA) is 70.2 Å². The van der Waals surface area contributed by atoms with Crippen molar-refractivity contribution in [2.45, 2.75) is 19.0 Å². The Hall–Kier alpha value is -3.82. The number of alkyl halides is 3. The summed E-state index contributed by atoms with van der Waals surface area (Å²) in [4.78, 5) is 40.1. The predicted octanol–water partition coefficient (Wildman–Crippen LogP) is 3.81. The zero-order valence-corrected chi connectivity index (χ0v) is 19.0. The number of hydrogen-bond donors (Lipinski definition) is 0. The lowest BCUT2D eigenvalue weighted by atomic mass is 10.0. The molecule has 0 radical (unpaired) electrons.